The minimum atomic E-state index is -0.235. The Morgan fingerprint density at radius 3 is 2.63 bits per heavy atom. The molecular formula is C14H18ClFN2O. The molecule has 0 aromatic heterocycles. The first-order chi connectivity index (χ1) is 8.74. The van der Waals surface area contributed by atoms with Gasteiger partial charge >= 0.3 is 0 Å². The zero-order valence-electron chi connectivity index (χ0n) is 10.6. The van der Waals surface area contributed by atoms with Gasteiger partial charge in [-0.3, -0.25) is 4.79 Å². The highest BCUT2D eigenvalue weighted by Crippen LogP contribution is 2.30. The first-order valence-corrected chi connectivity index (χ1v) is 6.49. The maximum Gasteiger partial charge on any atom is 0.228 e. The lowest BCUT2D eigenvalue weighted by molar-refractivity contribution is -0.138. The molecule has 104 valence electrons. The number of amides is 1. The summed E-state index contributed by atoms with van der Waals surface area (Å²) in [6.07, 6.45) is 2.17. The summed E-state index contributed by atoms with van der Waals surface area (Å²) < 4.78 is 13.2. The second kappa shape index (κ2) is 5.88. The minimum Gasteiger partial charge on any atom is -0.335 e. The second-order valence-electron chi connectivity index (χ2n) is 5.18. The molecule has 1 aliphatic carbocycles. The maximum atomic E-state index is 13.2. The summed E-state index contributed by atoms with van der Waals surface area (Å²) in [5.74, 6) is 0.112. The van der Waals surface area contributed by atoms with Crippen molar-refractivity contribution in [3.63, 3.8) is 0 Å². The van der Waals surface area contributed by atoms with Crippen LogP contribution in [0.2, 0.25) is 0 Å². The molecule has 1 amide bonds. The van der Waals surface area contributed by atoms with Gasteiger partial charge in [-0.2, -0.15) is 0 Å². The molecule has 1 aliphatic heterocycles. The monoisotopic (exact) mass is 284 g/mol. The van der Waals surface area contributed by atoms with Crippen molar-refractivity contribution >= 4 is 18.3 Å². The van der Waals surface area contributed by atoms with E-state index in [0.29, 0.717) is 12.6 Å². The van der Waals surface area contributed by atoms with E-state index in [9.17, 15) is 9.18 Å². The molecule has 0 radical (unpaired) electrons. The summed E-state index contributed by atoms with van der Waals surface area (Å²) >= 11 is 0. The van der Waals surface area contributed by atoms with Gasteiger partial charge in [-0.05, 0) is 30.5 Å². The number of carbonyl (C=O) groups excluding carboxylic acids is 1. The second-order valence-corrected chi connectivity index (χ2v) is 5.18. The maximum absolute atomic E-state index is 13.2. The number of carbonyl (C=O) groups is 1. The summed E-state index contributed by atoms with van der Waals surface area (Å²) in [5, 5.41) is 3.12. The van der Waals surface area contributed by atoms with Gasteiger partial charge in [0.25, 0.3) is 0 Å². The van der Waals surface area contributed by atoms with Gasteiger partial charge in [0.1, 0.15) is 5.82 Å². The van der Waals surface area contributed by atoms with Gasteiger partial charge in [0, 0.05) is 25.7 Å². The summed E-state index contributed by atoms with van der Waals surface area (Å²) in [7, 11) is 0. The van der Waals surface area contributed by atoms with Crippen LogP contribution >= 0.6 is 12.4 Å². The lowest BCUT2D eigenvalue weighted by Gasteiger charge is -2.32. The van der Waals surface area contributed by atoms with Gasteiger partial charge < -0.3 is 10.2 Å². The summed E-state index contributed by atoms with van der Waals surface area (Å²) in [6.45, 7) is 2.11. The van der Waals surface area contributed by atoms with Crippen LogP contribution in [0.25, 0.3) is 0 Å². The third-order valence-corrected chi connectivity index (χ3v) is 3.64. The summed E-state index contributed by atoms with van der Waals surface area (Å²) in [4.78, 5) is 14.2. The number of halogens is 2. The quantitative estimate of drug-likeness (QED) is 0.917. The Labute approximate surface area is 118 Å². The zero-order valence-corrected chi connectivity index (χ0v) is 11.5. The van der Waals surface area contributed by atoms with Crippen molar-refractivity contribution in [2.75, 3.05) is 13.1 Å². The fraction of sp³-hybridized carbons (Fsp3) is 0.500. The highest BCUT2D eigenvalue weighted by Gasteiger charge is 2.37. The van der Waals surface area contributed by atoms with Crippen LogP contribution in [0.4, 0.5) is 4.39 Å². The number of nitrogens with one attached hydrogen (secondary N) is 1. The molecule has 0 atom stereocenters. The molecule has 5 heteroatoms. The molecule has 1 aromatic rings. The molecule has 1 N–H and O–H groups in total. The molecule has 1 saturated carbocycles. The molecule has 2 fully saturated rings. The number of nitrogens with zero attached hydrogens (tertiary/aromatic N) is 1. The van der Waals surface area contributed by atoms with Crippen molar-refractivity contribution in [2.45, 2.75) is 25.4 Å². The molecule has 1 aromatic carbocycles. The summed E-state index contributed by atoms with van der Waals surface area (Å²) in [6, 6.07) is 6.90. The van der Waals surface area contributed by atoms with Crippen molar-refractivity contribution in [1.82, 2.24) is 10.2 Å². The lowest BCUT2D eigenvalue weighted by Crippen LogP contribution is -2.52. The lowest BCUT2D eigenvalue weighted by atomic mass is 10.0. The molecule has 1 heterocycles. The van der Waals surface area contributed by atoms with E-state index in [1.807, 2.05) is 11.0 Å². The van der Waals surface area contributed by atoms with Gasteiger partial charge in [-0.1, -0.05) is 12.1 Å². The molecule has 3 rings (SSSR count). The average Bonchev–Trinajstić information content (AvgIpc) is 3.07. The van der Waals surface area contributed by atoms with Crippen LogP contribution in [-0.4, -0.2) is 29.9 Å². The van der Waals surface area contributed by atoms with E-state index in [1.165, 1.54) is 12.1 Å². The van der Waals surface area contributed by atoms with Crippen LogP contribution in [0.1, 0.15) is 18.4 Å². The fourth-order valence-corrected chi connectivity index (χ4v) is 2.30. The van der Waals surface area contributed by atoms with E-state index in [0.717, 1.165) is 31.5 Å². The molecule has 0 unspecified atom stereocenters. The van der Waals surface area contributed by atoms with E-state index in [-0.39, 0.29) is 30.0 Å². The van der Waals surface area contributed by atoms with Gasteiger partial charge in [0.15, 0.2) is 0 Å². The Morgan fingerprint density at radius 2 is 2.11 bits per heavy atom. The predicted octanol–water partition coefficient (Wildman–Crippen LogP) is 1.96. The van der Waals surface area contributed by atoms with E-state index in [2.05, 4.69) is 5.32 Å². The van der Waals surface area contributed by atoms with Gasteiger partial charge in [0.2, 0.25) is 5.91 Å². The Bertz CT molecular complexity index is 461. The topological polar surface area (TPSA) is 32.3 Å². The van der Waals surface area contributed by atoms with Gasteiger partial charge in [-0.15, -0.1) is 12.4 Å². The van der Waals surface area contributed by atoms with Crippen LogP contribution < -0.4 is 5.32 Å². The first kappa shape index (κ1) is 14.3. The molecule has 2 aliphatic rings. The smallest absolute Gasteiger partial charge is 0.228 e. The third kappa shape index (κ3) is 3.25. The number of hydrogen-bond acceptors (Lipinski definition) is 2. The molecule has 3 nitrogen and oxygen atoms in total. The Morgan fingerprint density at radius 1 is 1.37 bits per heavy atom. The van der Waals surface area contributed by atoms with E-state index >= 15 is 0 Å². The standard InChI is InChI=1S/C14H17FN2O.ClH/c15-12-3-1-2-10(6-12)9-17(13-4-5-13)14(18)11-7-16-8-11;/h1-3,6,11,13,16H,4-5,7-9H2;1H. The molecule has 19 heavy (non-hydrogen) atoms. The highest BCUT2D eigenvalue weighted by atomic mass is 35.5. The highest BCUT2D eigenvalue weighted by molar-refractivity contribution is 5.85. The molecule has 0 bridgehead atoms. The van der Waals surface area contributed by atoms with Crippen LogP contribution in [0.15, 0.2) is 24.3 Å². The van der Waals surface area contributed by atoms with Crippen LogP contribution in [0, 0.1) is 11.7 Å². The zero-order chi connectivity index (χ0) is 12.5. The molecular weight excluding hydrogens is 267 g/mol. The van der Waals surface area contributed by atoms with Crippen LogP contribution in [-0.2, 0) is 11.3 Å². The third-order valence-electron chi connectivity index (χ3n) is 3.64. The van der Waals surface area contributed by atoms with E-state index in [4.69, 9.17) is 0 Å². The van der Waals surface area contributed by atoms with Gasteiger partial charge in [0.05, 0.1) is 5.92 Å². The van der Waals surface area contributed by atoms with Crippen LogP contribution in [0.5, 0.6) is 0 Å². The van der Waals surface area contributed by atoms with Crippen LogP contribution in [0.3, 0.4) is 0 Å². The number of hydrogen-bond donors (Lipinski definition) is 1. The number of rotatable bonds is 4. The first-order valence-electron chi connectivity index (χ1n) is 6.49. The van der Waals surface area contributed by atoms with E-state index < -0.39 is 0 Å². The Hall–Kier alpha value is -1.13. The van der Waals surface area contributed by atoms with Crippen molar-refractivity contribution in [2.24, 2.45) is 5.92 Å². The Balaban J connectivity index is 0.00000133. The molecule has 1 saturated heterocycles. The summed E-state index contributed by atoms with van der Waals surface area (Å²) in [5.41, 5.74) is 0.877. The average molecular weight is 285 g/mol. The minimum absolute atomic E-state index is 0. The van der Waals surface area contributed by atoms with Crippen molar-refractivity contribution in [1.29, 1.82) is 0 Å². The van der Waals surface area contributed by atoms with Crippen molar-refractivity contribution < 1.29 is 9.18 Å². The van der Waals surface area contributed by atoms with Crippen molar-refractivity contribution in [3.05, 3.63) is 35.6 Å². The fourth-order valence-electron chi connectivity index (χ4n) is 2.30. The molecule has 0 spiro atoms. The SMILES string of the molecule is Cl.O=C(C1CNC1)N(Cc1cccc(F)c1)C1CC1. The van der Waals surface area contributed by atoms with Crippen molar-refractivity contribution in [3.8, 4) is 0 Å². The Kier molecular flexibility index (Phi) is 4.42. The predicted molar refractivity (Wildman–Crippen MR) is 73.6 cm³/mol. The number of benzene rings is 1. The van der Waals surface area contributed by atoms with Gasteiger partial charge in [-0.25, -0.2) is 4.39 Å². The normalized spacial score (nSPS) is 18.4. The largest absolute Gasteiger partial charge is 0.335 e. The van der Waals surface area contributed by atoms with E-state index in [1.54, 1.807) is 6.07 Å².